The van der Waals surface area contributed by atoms with Gasteiger partial charge in [-0.2, -0.15) is 11.8 Å². The van der Waals surface area contributed by atoms with E-state index in [0.29, 0.717) is 0 Å². The smallest absolute Gasteiger partial charge is 0.000259 e. The lowest BCUT2D eigenvalue weighted by Crippen LogP contribution is -2.32. The van der Waals surface area contributed by atoms with Crippen LogP contribution in [-0.4, -0.2) is 11.5 Å². The molecular formula is C8H14S. The van der Waals surface area contributed by atoms with Gasteiger partial charge in [0.1, 0.15) is 0 Å². The highest BCUT2D eigenvalue weighted by molar-refractivity contribution is 8.00. The Morgan fingerprint density at radius 3 is 2.44 bits per heavy atom. The summed E-state index contributed by atoms with van der Waals surface area (Å²) in [5.41, 5.74) is 0.851. The molecule has 0 bridgehead atoms. The van der Waals surface area contributed by atoms with Gasteiger partial charge in [0.2, 0.25) is 0 Å². The highest BCUT2D eigenvalue weighted by Gasteiger charge is 2.42. The first-order valence-electron chi connectivity index (χ1n) is 3.89. The second-order valence-corrected chi connectivity index (χ2v) is 4.83. The Bertz CT molecular complexity index is 116. The summed E-state index contributed by atoms with van der Waals surface area (Å²) in [6.07, 6.45) is 4.56. The standard InChI is InChI=1S/C8H14S/c1-7-2-3-8(4-7)5-9-6-8/h7H,2-6H2,1H3. The zero-order valence-electron chi connectivity index (χ0n) is 6.02. The normalized spacial score (nSPS) is 39.0. The summed E-state index contributed by atoms with van der Waals surface area (Å²) >= 11 is 2.14. The van der Waals surface area contributed by atoms with Gasteiger partial charge in [0.05, 0.1) is 0 Å². The second-order valence-electron chi connectivity index (χ2n) is 3.84. The highest BCUT2D eigenvalue weighted by Crippen LogP contribution is 2.52. The number of hydrogen-bond acceptors (Lipinski definition) is 1. The molecular weight excluding hydrogens is 128 g/mol. The first-order chi connectivity index (χ1) is 4.31. The zero-order valence-corrected chi connectivity index (χ0v) is 6.84. The van der Waals surface area contributed by atoms with E-state index in [-0.39, 0.29) is 0 Å². The molecule has 1 saturated heterocycles. The third-order valence-corrected chi connectivity index (χ3v) is 4.40. The summed E-state index contributed by atoms with van der Waals surface area (Å²) in [4.78, 5) is 0. The lowest BCUT2D eigenvalue weighted by molar-refractivity contribution is 0.361. The number of thioether (sulfide) groups is 1. The molecule has 0 aromatic carbocycles. The largest absolute Gasteiger partial charge is 0.161 e. The van der Waals surface area contributed by atoms with Crippen LogP contribution in [0.1, 0.15) is 26.2 Å². The molecule has 1 unspecified atom stereocenters. The predicted molar refractivity (Wildman–Crippen MR) is 42.8 cm³/mol. The third kappa shape index (κ3) is 0.899. The molecule has 2 fully saturated rings. The fourth-order valence-electron chi connectivity index (χ4n) is 2.15. The monoisotopic (exact) mass is 142 g/mol. The maximum Gasteiger partial charge on any atom is -0.000259 e. The van der Waals surface area contributed by atoms with Gasteiger partial charge in [-0.3, -0.25) is 0 Å². The maximum atomic E-state index is 2.40. The summed E-state index contributed by atoms with van der Waals surface area (Å²) in [6, 6.07) is 0. The lowest BCUT2D eigenvalue weighted by atomic mass is 9.89. The third-order valence-electron chi connectivity index (χ3n) is 2.77. The summed E-state index contributed by atoms with van der Waals surface area (Å²) in [5, 5.41) is 0. The van der Waals surface area contributed by atoms with Crippen molar-refractivity contribution in [3.05, 3.63) is 0 Å². The molecule has 0 aromatic heterocycles. The summed E-state index contributed by atoms with van der Waals surface area (Å²) in [5.74, 6) is 3.97. The molecule has 1 aliphatic heterocycles. The quantitative estimate of drug-likeness (QED) is 0.501. The van der Waals surface area contributed by atoms with Gasteiger partial charge < -0.3 is 0 Å². The van der Waals surface area contributed by atoms with Gasteiger partial charge in [0.15, 0.2) is 0 Å². The zero-order chi connectivity index (χ0) is 6.32. The van der Waals surface area contributed by atoms with Gasteiger partial charge in [-0.1, -0.05) is 13.3 Å². The van der Waals surface area contributed by atoms with E-state index in [0.717, 1.165) is 11.3 Å². The Labute approximate surface area is 61.4 Å². The average molecular weight is 142 g/mol. The number of rotatable bonds is 0. The van der Waals surface area contributed by atoms with Crippen molar-refractivity contribution >= 4 is 11.8 Å². The van der Waals surface area contributed by atoms with Gasteiger partial charge >= 0.3 is 0 Å². The van der Waals surface area contributed by atoms with E-state index in [9.17, 15) is 0 Å². The van der Waals surface area contributed by atoms with E-state index in [1.165, 1.54) is 30.8 Å². The lowest BCUT2D eigenvalue weighted by Gasteiger charge is -2.37. The molecule has 0 nitrogen and oxygen atoms in total. The Morgan fingerprint density at radius 1 is 1.44 bits per heavy atom. The van der Waals surface area contributed by atoms with Gasteiger partial charge in [-0.05, 0) is 35.7 Å². The van der Waals surface area contributed by atoms with E-state index >= 15 is 0 Å². The molecule has 0 aromatic rings. The van der Waals surface area contributed by atoms with E-state index < -0.39 is 0 Å². The van der Waals surface area contributed by atoms with Crippen LogP contribution in [0.15, 0.2) is 0 Å². The average Bonchev–Trinajstić information content (AvgIpc) is 2.09. The highest BCUT2D eigenvalue weighted by atomic mass is 32.2. The van der Waals surface area contributed by atoms with Crippen molar-refractivity contribution in [1.82, 2.24) is 0 Å². The van der Waals surface area contributed by atoms with E-state index in [2.05, 4.69) is 18.7 Å². The van der Waals surface area contributed by atoms with Crippen molar-refractivity contribution < 1.29 is 0 Å². The van der Waals surface area contributed by atoms with Crippen LogP contribution in [0.25, 0.3) is 0 Å². The Morgan fingerprint density at radius 2 is 2.22 bits per heavy atom. The Hall–Kier alpha value is 0.350. The first-order valence-corrected chi connectivity index (χ1v) is 5.04. The molecule has 1 atom stereocenters. The van der Waals surface area contributed by atoms with Gasteiger partial charge in [-0.25, -0.2) is 0 Å². The molecule has 52 valence electrons. The number of hydrogen-bond donors (Lipinski definition) is 0. The van der Waals surface area contributed by atoms with Crippen molar-refractivity contribution in [3.63, 3.8) is 0 Å². The van der Waals surface area contributed by atoms with Crippen LogP contribution in [-0.2, 0) is 0 Å². The second kappa shape index (κ2) is 1.91. The molecule has 0 N–H and O–H groups in total. The van der Waals surface area contributed by atoms with Gasteiger partial charge in [0, 0.05) is 0 Å². The van der Waals surface area contributed by atoms with Gasteiger partial charge in [0.25, 0.3) is 0 Å². The molecule has 1 heterocycles. The summed E-state index contributed by atoms with van der Waals surface area (Å²) in [6.45, 7) is 2.40. The van der Waals surface area contributed by atoms with Crippen LogP contribution in [0.3, 0.4) is 0 Å². The van der Waals surface area contributed by atoms with Crippen LogP contribution in [0.4, 0.5) is 0 Å². The Balaban J connectivity index is 1.99. The van der Waals surface area contributed by atoms with Gasteiger partial charge in [-0.15, -0.1) is 0 Å². The van der Waals surface area contributed by atoms with Crippen molar-refractivity contribution in [3.8, 4) is 0 Å². The van der Waals surface area contributed by atoms with E-state index in [1.54, 1.807) is 0 Å². The van der Waals surface area contributed by atoms with Crippen molar-refractivity contribution in [2.24, 2.45) is 11.3 Å². The van der Waals surface area contributed by atoms with E-state index in [4.69, 9.17) is 0 Å². The predicted octanol–water partition coefficient (Wildman–Crippen LogP) is 2.54. The fourth-order valence-corrected chi connectivity index (χ4v) is 3.45. The van der Waals surface area contributed by atoms with Crippen molar-refractivity contribution in [1.29, 1.82) is 0 Å². The topological polar surface area (TPSA) is 0 Å². The SMILES string of the molecule is CC1CCC2(CSC2)C1. The van der Waals surface area contributed by atoms with Crippen molar-refractivity contribution in [2.45, 2.75) is 26.2 Å². The van der Waals surface area contributed by atoms with Crippen molar-refractivity contribution in [2.75, 3.05) is 11.5 Å². The molecule has 0 radical (unpaired) electrons. The molecule has 9 heavy (non-hydrogen) atoms. The minimum absolute atomic E-state index is 0.851. The van der Waals surface area contributed by atoms with Crippen LogP contribution in [0.2, 0.25) is 0 Å². The minimum atomic E-state index is 0.851. The maximum absolute atomic E-state index is 2.40. The summed E-state index contributed by atoms with van der Waals surface area (Å²) in [7, 11) is 0. The fraction of sp³-hybridized carbons (Fsp3) is 1.00. The van der Waals surface area contributed by atoms with Crippen LogP contribution < -0.4 is 0 Å². The first kappa shape index (κ1) is 6.09. The van der Waals surface area contributed by atoms with Crippen LogP contribution in [0, 0.1) is 11.3 Å². The molecule has 0 amide bonds. The molecule has 2 aliphatic rings. The minimum Gasteiger partial charge on any atom is -0.161 e. The van der Waals surface area contributed by atoms with Crippen LogP contribution >= 0.6 is 11.8 Å². The molecule has 2 rings (SSSR count). The van der Waals surface area contributed by atoms with E-state index in [1.807, 2.05) is 0 Å². The molecule has 1 spiro atoms. The molecule has 1 heteroatoms. The molecule has 1 aliphatic carbocycles. The van der Waals surface area contributed by atoms with Crippen LogP contribution in [0.5, 0.6) is 0 Å². The Kier molecular flexibility index (Phi) is 1.29. The molecule has 1 saturated carbocycles. The summed E-state index contributed by atoms with van der Waals surface area (Å²) < 4.78 is 0.